The van der Waals surface area contributed by atoms with Crippen LogP contribution in [-0.4, -0.2) is 189 Å². The van der Waals surface area contributed by atoms with Crippen LogP contribution in [-0.2, 0) is 107 Å². The molecule has 0 saturated carbocycles. The number of para-hydroxylation sites is 3. The number of Topliss-reactive ketones (excluding diaryl/α,β-unsaturated/α-hetero) is 2. The minimum atomic E-state index is -4.40. The number of hydrogen-bond donors (Lipinski definition) is 6. The molecule has 51 heteroatoms. The molecule has 0 amide bonds. The maximum absolute atomic E-state index is 14.1. The third kappa shape index (κ3) is 32.3. The monoisotopic (exact) mass is 1970 g/mol. The normalized spacial score (nSPS) is 23.1. The average molecular weight is 1970 g/mol. The van der Waals surface area contributed by atoms with E-state index in [1.807, 2.05) is 0 Å². The van der Waals surface area contributed by atoms with Gasteiger partial charge in [-0.1, -0.05) is 125 Å². The number of halogens is 1. The number of nitrogens with one attached hydrogen (secondary N) is 3. The summed E-state index contributed by atoms with van der Waals surface area (Å²) in [4.78, 5) is 143. The van der Waals surface area contributed by atoms with Crippen LogP contribution in [0.2, 0.25) is 0 Å². The Hall–Kier alpha value is -11.1. The van der Waals surface area contributed by atoms with E-state index in [4.69, 9.17) is 83.2 Å². The Bertz CT molecular complexity index is 5560. The highest BCUT2D eigenvalue weighted by molar-refractivity contribution is 7.52. The molecule has 6 aromatic rings. The number of nitrogens with zero attached hydrogens (tertiary/aromatic N) is 15. The Kier molecular flexibility index (Phi) is 42.2. The molecule has 9 rings (SSSR count). The largest absolute Gasteiger partial charge is 0.462 e. The average Bonchev–Trinajstić information content (AvgIpc) is 1.61. The number of nitrogen functional groups attached to an aromatic ring is 1. The maximum atomic E-state index is 14.1. The molecule has 47 nitrogen and oxygen atoms in total. The van der Waals surface area contributed by atoms with Crippen LogP contribution in [0, 0.1) is 23.7 Å². The van der Waals surface area contributed by atoms with Crippen LogP contribution in [0.1, 0.15) is 169 Å². The first kappa shape index (κ1) is 113. The van der Waals surface area contributed by atoms with Gasteiger partial charge in [0, 0.05) is 63.9 Å². The van der Waals surface area contributed by atoms with E-state index in [2.05, 4.69) is 60.3 Å². The number of rotatable bonds is 42. The number of ketones is 2. The number of aliphatic hydroxyl groups is 2. The van der Waals surface area contributed by atoms with E-state index in [1.54, 1.807) is 152 Å². The van der Waals surface area contributed by atoms with Crippen LogP contribution in [0.4, 0.5) is 5.82 Å². The van der Waals surface area contributed by atoms with Crippen molar-refractivity contribution in [2.45, 2.75) is 260 Å². The summed E-state index contributed by atoms with van der Waals surface area (Å²) in [7, 11) is -13.0. The maximum Gasteiger partial charge on any atom is 0.459 e. The molecule has 6 heterocycles. The zero-order valence-corrected chi connectivity index (χ0v) is 81.6. The predicted octanol–water partition coefficient (Wildman–Crippen LogP) is 11.8. The smallest absolute Gasteiger partial charge is 0.459 e. The van der Waals surface area contributed by atoms with Crippen molar-refractivity contribution in [1.29, 1.82) is 0 Å². The second-order valence-corrected chi connectivity index (χ2v) is 39.1. The third-order valence-corrected chi connectivity index (χ3v) is 25.2. The lowest BCUT2D eigenvalue weighted by Crippen LogP contribution is -2.47. The molecule has 7 N–H and O–H groups in total. The Morgan fingerprint density at radius 3 is 1.02 bits per heavy atom. The summed E-state index contributed by atoms with van der Waals surface area (Å²) in [5, 5.41) is 40.9. The van der Waals surface area contributed by atoms with Gasteiger partial charge in [0.25, 0.3) is 0 Å². The summed E-state index contributed by atoms with van der Waals surface area (Å²) < 4.78 is 118. The van der Waals surface area contributed by atoms with Crippen molar-refractivity contribution in [1.82, 2.24) is 43.9 Å². The van der Waals surface area contributed by atoms with Gasteiger partial charge < -0.3 is 62.7 Å². The van der Waals surface area contributed by atoms with Crippen LogP contribution >= 0.6 is 34.8 Å². The Morgan fingerprint density at radius 2 is 0.741 bits per heavy atom. The lowest BCUT2D eigenvalue weighted by Gasteiger charge is -2.31. The van der Waals surface area contributed by atoms with Gasteiger partial charge in [0.05, 0.1) is 67.6 Å². The molecule has 3 fully saturated rings. The third-order valence-electron chi connectivity index (χ3n) is 19.9. The number of benzene rings is 3. The van der Waals surface area contributed by atoms with Crippen LogP contribution < -0.4 is 51.6 Å². The number of aromatic nitrogens is 6. The van der Waals surface area contributed by atoms with E-state index in [0.717, 1.165) is 13.7 Å². The fourth-order valence-corrected chi connectivity index (χ4v) is 17.0. The summed E-state index contributed by atoms with van der Waals surface area (Å²) in [6.07, 6.45) is -9.69. The highest BCUT2D eigenvalue weighted by Crippen LogP contribution is 2.52. The van der Waals surface area contributed by atoms with E-state index in [0.29, 0.717) is 0 Å². The minimum Gasteiger partial charge on any atom is -0.462 e. The molecule has 3 aliphatic heterocycles. The molecule has 18 atom stereocenters. The summed E-state index contributed by atoms with van der Waals surface area (Å²) in [6, 6.07) is 25.1. The first-order valence-electron chi connectivity index (χ1n) is 42.6. The van der Waals surface area contributed by atoms with Crippen molar-refractivity contribution in [2.75, 3.05) is 25.6 Å². The number of carbonyl (C=O) groups is 7. The van der Waals surface area contributed by atoms with Gasteiger partial charge in [0.15, 0.2) is 18.7 Å². The number of aliphatic hydroxyl groups excluding tert-OH is 2. The highest BCUT2D eigenvalue weighted by Gasteiger charge is 2.60. The second-order valence-electron chi connectivity index (χ2n) is 33.6. The Labute approximate surface area is 782 Å². The van der Waals surface area contributed by atoms with Crippen LogP contribution in [0.5, 0.6) is 17.2 Å². The Balaban J connectivity index is 0.000000303. The first-order valence-corrected chi connectivity index (χ1v) is 47.6. The highest BCUT2D eigenvalue weighted by atomic mass is 35.5. The summed E-state index contributed by atoms with van der Waals surface area (Å²) in [5.74, 6) is -3.67. The molecule has 3 aromatic heterocycles. The summed E-state index contributed by atoms with van der Waals surface area (Å²) in [6.45, 7) is 30.4. The number of ether oxygens (including phenoxy) is 7. The zero-order chi connectivity index (χ0) is 101. The predicted molar refractivity (Wildman–Crippen MR) is 487 cm³/mol. The van der Waals surface area contributed by atoms with Crippen LogP contribution in [0.15, 0.2) is 158 Å². The summed E-state index contributed by atoms with van der Waals surface area (Å²) in [5.41, 5.74) is 26.4. The van der Waals surface area contributed by atoms with Gasteiger partial charge in [-0.3, -0.25) is 60.8 Å². The molecule has 135 heavy (non-hydrogen) atoms. The molecular weight excluding hydrogens is 1850 g/mol. The van der Waals surface area contributed by atoms with Crippen molar-refractivity contribution in [3.8, 4) is 17.2 Å². The molecule has 3 aliphatic rings. The van der Waals surface area contributed by atoms with Crippen molar-refractivity contribution in [3.05, 3.63) is 202 Å². The zero-order valence-electron chi connectivity index (χ0n) is 78.1. The fourth-order valence-electron chi connectivity index (χ4n) is 12.5. The number of carbonyl (C=O) groups excluding carboxylic acids is 7. The van der Waals surface area contributed by atoms with E-state index < -0.39 is 198 Å². The molecule has 3 saturated heterocycles. The van der Waals surface area contributed by atoms with Gasteiger partial charge in [0.2, 0.25) is 5.24 Å². The summed E-state index contributed by atoms with van der Waals surface area (Å²) >= 11 is 4.97. The molecule has 3 aromatic carbocycles. The molecule has 0 bridgehead atoms. The number of nitrogens with two attached hydrogens (primary N) is 1. The van der Waals surface area contributed by atoms with Gasteiger partial charge in [-0.25, -0.2) is 28.1 Å². The van der Waals surface area contributed by atoms with E-state index in [-0.39, 0.29) is 81.9 Å². The fraction of sp³-hybridized carbons (Fsp3) is 0.560. The number of anilines is 1. The van der Waals surface area contributed by atoms with Crippen molar-refractivity contribution < 1.29 is 118 Å². The van der Waals surface area contributed by atoms with Gasteiger partial charge in [-0.05, 0) is 166 Å². The quantitative estimate of drug-likeness (QED) is 0.00394. The van der Waals surface area contributed by atoms with Crippen LogP contribution in [0.25, 0.3) is 31.3 Å². The van der Waals surface area contributed by atoms with Crippen molar-refractivity contribution >= 4 is 81.3 Å². The van der Waals surface area contributed by atoms with E-state index >= 15 is 0 Å². The molecule has 0 spiro atoms. The standard InChI is InChI=1S/C31H43N6O10P.C27H37N6O9P.C22H30N7O8P.C4H7ClO/c1-18(2)24(38)16-22-14-15-37(30(41)33-22)29-31(8,35-36-32)26(46-27(39)19(3)4)25(45-29)17-43-48(42,47-23-12-10-9-11-13-23)34-21(7)28(40)44-20(5)6;1-16(2)21(34)14-19-12-13-33(26(37)29-19)25-27(6,31-32-28)23(35)22(41-25)15-39-43(38,42-20-10-8-7-9-11-20)30-18(5)24(36)40-17(3)4;1-13(2)35-19(31)14(3)26-38(33,37-15-8-6-5-7-9-15)34-12-16-18(30)22(4,27-28-24)20(36-16)29-11-10-17(23)25-21(29)32;1-3(2)4(5)6/h9-15,18-21,25-26,29H,16-17H2,1-8H3,(H,34,42);7-13,16-18,22-23,25,35H,14-15H2,1-6H3,(H,30,38);5-11,13-14,16,18,20,30H,12H2,1-4H3,(H,26,33)(H2,23,25,32);3H,1-2H3/t21-,25+,26+,29+,31+,48?;18-,22+,23+,25+,27+,43?;14-,16+,18+,20+,22+,38?;/m000./s1. The van der Waals surface area contributed by atoms with Gasteiger partial charge >= 0.3 is 64.2 Å². The molecular formula is C84H117ClN19O28P3. The minimum absolute atomic E-state index is 0.0216. The van der Waals surface area contributed by atoms with E-state index in [9.17, 15) is 82.9 Å². The molecule has 738 valence electrons. The Morgan fingerprint density at radius 1 is 0.452 bits per heavy atom. The molecule has 0 radical (unpaired) electrons. The van der Waals surface area contributed by atoms with Gasteiger partial charge in [-0.2, -0.15) is 30.2 Å². The number of azide groups is 3. The SMILES string of the molecule is CC(C)C(=O)Cl.CC(C)OC(=O)[C@H](C)NP(=O)(OC[C@H]1O[C@@H](n2ccc(CC(=O)C(C)C)nc2=O)[C@](C)(N=[N+]=[N-])[C@@H]1O)Oc1ccccc1.CC(C)OC(=O)[C@H](C)NP(=O)(OC[C@H]1O[C@@H](n2ccc(CC(=O)C(C)C)nc2=O)[C@](C)(N=[N+]=[N-])[C@@H]1OC(=O)C(C)C)Oc1ccccc1.CC(C)OC(=O)[C@H](C)NP(=O)(OC[C@H]1O[C@@H](n2ccc(N)nc2=O)[C@](C)(N=[N+]=[N-])[C@@H]1O)Oc1ccccc1. The molecule has 0 aliphatic carbocycles. The van der Waals surface area contributed by atoms with Gasteiger partial charge in [0.1, 0.15) is 93.8 Å². The number of hydrogen-bond acceptors (Lipinski definition) is 35. The lowest BCUT2D eigenvalue weighted by atomic mass is 9.92. The van der Waals surface area contributed by atoms with Crippen molar-refractivity contribution in [3.63, 3.8) is 0 Å². The second kappa shape index (κ2) is 50.6. The number of esters is 4. The van der Waals surface area contributed by atoms with Gasteiger partial charge in [-0.15, -0.1) is 0 Å². The van der Waals surface area contributed by atoms with Crippen molar-refractivity contribution in [2.24, 2.45) is 39.0 Å². The molecule has 3 unspecified atom stereocenters. The first-order chi connectivity index (χ1) is 63.2. The lowest BCUT2D eigenvalue weighted by molar-refractivity contribution is -0.158. The van der Waals surface area contributed by atoms with E-state index in [1.165, 1.54) is 115 Å². The topological polar surface area (TPSA) is 644 Å². The van der Waals surface area contributed by atoms with Crippen LogP contribution in [0.3, 0.4) is 0 Å².